The highest BCUT2D eigenvalue weighted by Gasteiger charge is 2.69. The van der Waals surface area contributed by atoms with E-state index in [2.05, 4.69) is 8.92 Å². The van der Waals surface area contributed by atoms with Gasteiger partial charge in [-0.15, -0.1) is 0 Å². The second-order valence-electron chi connectivity index (χ2n) is 3.66. The van der Waals surface area contributed by atoms with Crippen molar-refractivity contribution in [3.05, 3.63) is 0 Å². The van der Waals surface area contributed by atoms with Gasteiger partial charge in [0.05, 0.1) is 17.4 Å². The summed E-state index contributed by atoms with van der Waals surface area (Å²) in [6.07, 6.45) is -5.86. The van der Waals surface area contributed by atoms with Crippen molar-refractivity contribution >= 4 is 19.9 Å². The van der Waals surface area contributed by atoms with Gasteiger partial charge in [-0.25, -0.2) is 4.18 Å². The molecule has 0 saturated carbocycles. The van der Waals surface area contributed by atoms with E-state index in [1.54, 1.807) is 0 Å². The predicted octanol–water partition coefficient (Wildman–Crippen LogP) is -3.56. The first-order chi connectivity index (χ1) is 7.66. The fourth-order valence-corrected chi connectivity index (χ4v) is 4.44. The van der Waals surface area contributed by atoms with Crippen molar-refractivity contribution in [1.82, 2.24) is 0 Å². The van der Waals surface area contributed by atoms with E-state index >= 15 is 0 Å². The second kappa shape index (κ2) is 3.76. The lowest BCUT2D eigenvalue weighted by Gasteiger charge is -2.52. The van der Waals surface area contributed by atoms with Gasteiger partial charge in [-0.1, -0.05) is 0 Å². The molecule has 0 aliphatic carbocycles. The highest BCUT2D eigenvalue weighted by atomic mass is 33.2. The van der Waals surface area contributed by atoms with Crippen LogP contribution in [0.1, 0.15) is 0 Å². The molecule has 0 aromatic heterocycles. The molecule has 2 saturated heterocycles. The minimum atomic E-state index is -3.98. The Morgan fingerprint density at radius 3 is 2.18 bits per heavy atom. The van der Waals surface area contributed by atoms with Crippen LogP contribution in [0.25, 0.3) is 0 Å². The molecule has 0 radical (unpaired) electrons. The third-order valence-electron chi connectivity index (χ3n) is 2.45. The summed E-state index contributed by atoms with van der Waals surface area (Å²) in [5.41, 5.74) is 0. The largest absolute Gasteiger partial charge is 0.391 e. The number of rotatable bonds is 1. The molecule has 2 heterocycles. The summed E-state index contributed by atoms with van der Waals surface area (Å²) in [7, 11) is -3.95. The highest BCUT2D eigenvalue weighted by molar-refractivity contribution is 8.72. The first kappa shape index (κ1) is 13.5. The summed E-state index contributed by atoms with van der Waals surface area (Å²) in [6.45, 7) is -1.12. The number of aliphatic hydroxyl groups is 5. The van der Waals surface area contributed by atoms with E-state index in [0.29, 0.717) is 0 Å². The molecule has 2 aliphatic heterocycles. The average Bonchev–Trinajstić information content (AvgIpc) is 2.21. The topological polar surface area (TPSA) is 154 Å². The molecule has 5 atom stereocenters. The van der Waals surface area contributed by atoms with Gasteiger partial charge < -0.3 is 25.5 Å². The second-order valence-corrected chi connectivity index (χ2v) is 7.11. The summed E-state index contributed by atoms with van der Waals surface area (Å²) in [6, 6.07) is 0. The fourth-order valence-electron chi connectivity index (χ4n) is 1.56. The Hall–Kier alpha value is 0.0200. The van der Waals surface area contributed by atoms with Crippen LogP contribution in [0.15, 0.2) is 0 Å². The van der Waals surface area contributed by atoms with Crippen LogP contribution in [0, 0.1) is 0 Å². The highest BCUT2D eigenvalue weighted by Crippen LogP contribution is 2.54. The van der Waals surface area contributed by atoms with Gasteiger partial charge in [0.1, 0.15) is 18.3 Å². The summed E-state index contributed by atoms with van der Waals surface area (Å²) >= 11 is 0. The molecular weight excluding hydrogens is 280 g/mol. The van der Waals surface area contributed by atoms with Gasteiger partial charge in [0, 0.05) is 0 Å². The van der Waals surface area contributed by atoms with Crippen molar-refractivity contribution in [3.63, 3.8) is 0 Å². The van der Waals surface area contributed by atoms with Gasteiger partial charge >= 0.3 is 9.15 Å². The fraction of sp³-hybridized carbons (Fsp3) is 1.00. The number of ether oxygens (including phenoxy) is 1. The number of aliphatic hydroxyl groups excluding tert-OH is 4. The molecule has 0 aromatic rings. The predicted molar refractivity (Wildman–Crippen MR) is 51.5 cm³/mol. The van der Waals surface area contributed by atoms with Crippen LogP contribution in [-0.4, -0.2) is 69.8 Å². The van der Waals surface area contributed by atoms with Crippen LogP contribution in [0.5, 0.6) is 0 Å². The molecule has 0 aromatic carbocycles. The van der Waals surface area contributed by atoms with E-state index in [4.69, 9.17) is 5.11 Å². The normalized spacial score (nSPS) is 53.4. The van der Waals surface area contributed by atoms with Crippen LogP contribution in [0.3, 0.4) is 0 Å². The van der Waals surface area contributed by atoms with Gasteiger partial charge in [0.15, 0.2) is 0 Å². The quantitative estimate of drug-likeness (QED) is 0.306. The minimum absolute atomic E-state index is 0.0212. The third kappa shape index (κ3) is 1.87. The van der Waals surface area contributed by atoms with Crippen LogP contribution < -0.4 is 0 Å². The van der Waals surface area contributed by atoms with Gasteiger partial charge in [0.25, 0.3) is 5.12 Å². The van der Waals surface area contributed by atoms with Crippen LogP contribution in [-0.2, 0) is 18.1 Å². The van der Waals surface area contributed by atoms with Crippen molar-refractivity contribution < 1.29 is 42.9 Å². The zero-order chi connectivity index (χ0) is 13.1. The van der Waals surface area contributed by atoms with E-state index < -0.39 is 45.0 Å². The maximum Gasteiger partial charge on any atom is 0.330 e. The summed E-state index contributed by atoms with van der Waals surface area (Å²) in [5, 5.41) is 44.6. The van der Waals surface area contributed by atoms with Crippen molar-refractivity contribution in [2.75, 3.05) is 6.61 Å². The summed E-state index contributed by atoms with van der Waals surface area (Å²) in [5.74, 6) is -2.62. The molecule has 2 aliphatic rings. The lowest BCUT2D eigenvalue weighted by atomic mass is 9.96. The van der Waals surface area contributed by atoms with Crippen molar-refractivity contribution in [2.24, 2.45) is 0 Å². The van der Waals surface area contributed by atoms with Crippen LogP contribution in [0.2, 0.25) is 0 Å². The van der Waals surface area contributed by atoms with E-state index in [-0.39, 0.29) is 10.8 Å². The molecule has 100 valence electrons. The van der Waals surface area contributed by atoms with Gasteiger partial charge in [-0.05, 0) is 0 Å². The van der Waals surface area contributed by atoms with Crippen molar-refractivity contribution in [1.29, 1.82) is 0 Å². The van der Waals surface area contributed by atoms with Gasteiger partial charge in [-0.3, -0.25) is 4.74 Å². The Kier molecular flexibility index (Phi) is 2.97. The Morgan fingerprint density at radius 2 is 1.76 bits per heavy atom. The molecule has 17 heavy (non-hydrogen) atoms. The molecule has 2 rings (SSSR count). The number of hydrogen-bond acceptors (Lipinski definition) is 10. The lowest BCUT2D eigenvalue weighted by molar-refractivity contribution is -0.398. The molecule has 1 unspecified atom stereocenters. The molecule has 0 amide bonds. The zero-order valence-corrected chi connectivity index (χ0v) is 9.76. The maximum absolute atomic E-state index is 10.9. The smallest absolute Gasteiger partial charge is 0.330 e. The first-order valence-electron chi connectivity index (χ1n) is 4.40. The summed E-state index contributed by atoms with van der Waals surface area (Å²) in [4.78, 5) is 0. The van der Waals surface area contributed by atoms with Crippen LogP contribution in [0.4, 0.5) is 0 Å². The van der Waals surface area contributed by atoms with E-state index in [0.717, 1.165) is 0 Å². The number of hydrogen-bond donors (Lipinski definition) is 5. The Morgan fingerprint density at radius 1 is 1.24 bits per heavy atom. The van der Waals surface area contributed by atoms with Crippen molar-refractivity contribution in [2.45, 2.75) is 29.2 Å². The molecule has 9 nitrogen and oxygen atoms in total. The van der Waals surface area contributed by atoms with E-state index in [1.165, 1.54) is 0 Å². The first-order valence-corrected chi connectivity index (χ1v) is 7.14. The van der Waals surface area contributed by atoms with Crippen LogP contribution >= 0.6 is 10.8 Å². The lowest BCUT2D eigenvalue weighted by Crippen LogP contribution is -2.73. The monoisotopic (exact) mass is 290 g/mol. The summed E-state index contributed by atoms with van der Waals surface area (Å²) < 4.78 is 30.7. The Balaban J connectivity index is 2.31. The molecule has 2 fully saturated rings. The maximum atomic E-state index is 10.9. The van der Waals surface area contributed by atoms with Gasteiger partial charge in [-0.2, -0.15) is 8.42 Å². The van der Waals surface area contributed by atoms with E-state index in [9.17, 15) is 28.8 Å². The Bertz CT molecular complexity index is 409. The third-order valence-corrected chi connectivity index (χ3v) is 5.37. The van der Waals surface area contributed by atoms with Crippen molar-refractivity contribution in [3.8, 4) is 0 Å². The standard InChI is InChI=1S/C6H10O9S2/c7-1-5(11)3(9)2(8)4(10)6(14-5)15-17(12,13)16-6/h2-4,7-11H,1H2/t2-,3-,4-,5-,6?/m0/s1. The van der Waals surface area contributed by atoms with Gasteiger partial charge in [0.2, 0.25) is 5.79 Å². The minimum Gasteiger partial charge on any atom is -0.391 e. The molecule has 5 N–H and O–H groups in total. The molecular formula is C6H10O9S2. The average molecular weight is 290 g/mol. The molecule has 0 bridgehead atoms. The Labute approximate surface area is 99.1 Å². The SMILES string of the molecule is O=S1(=O)OC2(O[C@@](O)(CO)[C@@H](O)[C@H](O)[C@@H]2O)S1. The molecule has 1 spiro atoms. The van der Waals surface area contributed by atoms with E-state index in [1.807, 2.05) is 0 Å². The zero-order valence-electron chi connectivity index (χ0n) is 8.12. The molecule has 11 heteroatoms.